The van der Waals surface area contributed by atoms with Crippen molar-refractivity contribution in [1.82, 2.24) is 5.32 Å². The summed E-state index contributed by atoms with van der Waals surface area (Å²) in [5.41, 5.74) is 0. The molecule has 1 aliphatic carbocycles. The maximum Gasteiger partial charge on any atom is 0.306 e. The summed E-state index contributed by atoms with van der Waals surface area (Å²) < 4.78 is 10.9. The summed E-state index contributed by atoms with van der Waals surface area (Å²) >= 11 is 0. The van der Waals surface area contributed by atoms with Crippen LogP contribution >= 0.6 is 0 Å². The number of hydrogen-bond acceptors (Lipinski definition) is 4. The van der Waals surface area contributed by atoms with E-state index in [0.29, 0.717) is 12.3 Å². The molecule has 0 bridgehead atoms. The summed E-state index contributed by atoms with van der Waals surface area (Å²) in [6.45, 7) is 2.07. The molecule has 1 saturated carbocycles. The third kappa shape index (κ3) is 4.25. The van der Waals surface area contributed by atoms with Crippen LogP contribution in [-0.4, -0.2) is 38.4 Å². The van der Waals surface area contributed by atoms with Gasteiger partial charge in [-0.15, -0.1) is 0 Å². The molecule has 0 aromatic carbocycles. The van der Waals surface area contributed by atoms with Crippen molar-refractivity contribution in [3.63, 3.8) is 0 Å². The maximum atomic E-state index is 11.9. The molecule has 0 amide bonds. The number of carbonyl (C=O) groups excluding carboxylic acids is 1. The topological polar surface area (TPSA) is 47.6 Å². The van der Waals surface area contributed by atoms with Gasteiger partial charge in [0.15, 0.2) is 0 Å². The third-order valence-corrected chi connectivity index (χ3v) is 4.12. The molecule has 1 saturated heterocycles. The first-order chi connectivity index (χ1) is 8.78. The Morgan fingerprint density at radius 1 is 1.17 bits per heavy atom. The molecule has 1 aliphatic heterocycles. The lowest BCUT2D eigenvalue weighted by Gasteiger charge is -2.29. The average molecular weight is 255 g/mol. The summed E-state index contributed by atoms with van der Waals surface area (Å²) in [6, 6.07) is 0. The predicted molar refractivity (Wildman–Crippen MR) is 69.4 cm³/mol. The second-order valence-corrected chi connectivity index (χ2v) is 5.53. The van der Waals surface area contributed by atoms with Crippen LogP contribution < -0.4 is 5.32 Å². The molecule has 2 rings (SSSR count). The molecule has 2 fully saturated rings. The fourth-order valence-corrected chi connectivity index (χ4v) is 2.98. The van der Waals surface area contributed by atoms with Crippen molar-refractivity contribution in [1.29, 1.82) is 0 Å². The first-order valence-corrected chi connectivity index (χ1v) is 7.21. The molecule has 1 N–H and O–H groups in total. The Bertz CT molecular complexity index is 264. The Morgan fingerprint density at radius 3 is 2.61 bits per heavy atom. The summed E-state index contributed by atoms with van der Waals surface area (Å²) in [4.78, 5) is 11.9. The minimum Gasteiger partial charge on any atom is -0.462 e. The number of carbonyl (C=O) groups is 1. The molecule has 2 unspecified atom stereocenters. The van der Waals surface area contributed by atoms with Gasteiger partial charge in [-0.25, -0.2) is 0 Å². The van der Waals surface area contributed by atoms with E-state index < -0.39 is 0 Å². The molecule has 0 aromatic heterocycles. The second kappa shape index (κ2) is 7.10. The van der Waals surface area contributed by atoms with Crippen LogP contribution in [0.3, 0.4) is 0 Å². The van der Waals surface area contributed by atoms with Gasteiger partial charge < -0.3 is 14.8 Å². The molecule has 2 aliphatic rings. The van der Waals surface area contributed by atoms with Crippen molar-refractivity contribution in [3.05, 3.63) is 0 Å². The molecule has 18 heavy (non-hydrogen) atoms. The van der Waals surface area contributed by atoms with Gasteiger partial charge in [-0.05, 0) is 51.1 Å². The van der Waals surface area contributed by atoms with Gasteiger partial charge in [-0.1, -0.05) is 0 Å². The predicted octanol–water partition coefficient (Wildman–Crippen LogP) is 1.88. The summed E-state index contributed by atoms with van der Waals surface area (Å²) in [5, 5.41) is 3.31. The summed E-state index contributed by atoms with van der Waals surface area (Å²) in [5.74, 6) is 0.504. The highest BCUT2D eigenvalue weighted by molar-refractivity contribution is 5.69. The van der Waals surface area contributed by atoms with E-state index in [9.17, 15) is 4.79 Å². The van der Waals surface area contributed by atoms with Gasteiger partial charge in [0.1, 0.15) is 6.10 Å². The Balaban J connectivity index is 1.69. The van der Waals surface area contributed by atoms with Gasteiger partial charge in [0, 0.05) is 20.0 Å². The molecule has 2 atom stereocenters. The summed E-state index contributed by atoms with van der Waals surface area (Å²) in [6.07, 6.45) is 7.21. The van der Waals surface area contributed by atoms with Crippen LogP contribution in [0.1, 0.15) is 44.9 Å². The zero-order chi connectivity index (χ0) is 12.8. The van der Waals surface area contributed by atoms with Crippen molar-refractivity contribution < 1.29 is 14.3 Å². The van der Waals surface area contributed by atoms with Crippen molar-refractivity contribution in [2.45, 2.75) is 57.2 Å². The molecule has 0 radical (unpaired) electrons. The van der Waals surface area contributed by atoms with E-state index in [1.807, 2.05) is 0 Å². The van der Waals surface area contributed by atoms with Gasteiger partial charge in [-0.2, -0.15) is 0 Å². The number of hydrogen-bond donors (Lipinski definition) is 1. The molecular formula is C14H25NO3. The molecule has 1 heterocycles. The first-order valence-electron chi connectivity index (χ1n) is 7.21. The minimum absolute atomic E-state index is 0.0105. The number of ether oxygens (including phenoxy) is 2. The quantitative estimate of drug-likeness (QED) is 0.779. The highest BCUT2D eigenvalue weighted by atomic mass is 16.5. The number of esters is 1. The van der Waals surface area contributed by atoms with E-state index in [0.717, 1.165) is 51.6 Å². The fourth-order valence-electron chi connectivity index (χ4n) is 2.98. The van der Waals surface area contributed by atoms with Crippen molar-refractivity contribution in [2.75, 3.05) is 20.2 Å². The third-order valence-electron chi connectivity index (χ3n) is 4.12. The van der Waals surface area contributed by atoms with Gasteiger partial charge in [-0.3, -0.25) is 4.79 Å². The summed E-state index contributed by atoms with van der Waals surface area (Å²) in [7, 11) is 1.74. The van der Waals surface area contributed by atoms with Crippen LogP contribution in [0.2, 0.25) is 0 Å². The molecule has 0 aromatic rings. The molecular weight excluding hydrogens is 230 g/mol. The standard InChI is InChI=1S/C14H25NO3/c1-17-12-3-2-4-13(10-12)18-14(16)9-11-5-7-15-8-6-11/h11-13,15H,2-10H2,1H3. The van der Waals surface area contributed by atoms with Crippen LogP contribution in [0, 0.1) is 5.92 Å². The van der Waals surface area contributed by atoms with E-state index in [-0.39, 0.29) is 18.2 Å². The van der Waals surface area contributed by atoms with Crippen LogP contribution in [0.15, 0.2) is 0 Å². The van der Waals surface area contributed by atoms with Crippen molar-refractivity contribution in [3.8, 4) is 0 Å². The van der Waals surface area contributed by atoms with E-state index in [4.69, 9.17) is 9.47 Å². The number of piperidine rings is 1. The van der Waals surface area contributed by atoms with Gasteiger partial charge in [0.05, 0.1) is 6.10 Å². The van der Waals surface area contributed by atoms with Crippen LogP contribution in [0.4, 0.5) is 0 Å². The van der Waals surface area contributed by atoms with Crippen molar-refractivity contribution >= 4 is 5.97 Å². The molecule has 0 spiro atoms. The lowest BCUT2D eigenvalue weighted by atomic mass is 9.93. The Hall–Kier alpha value is -0.610. The Kier molecular flexibility index (Phi) is 5.45. The second-order valence-electron chi connectivity index (χ2n) is 5.53. The largest absolute Gasteiger partial charge is 0.462 e. The van der Waals surface area contributed by atoms with Crippen LogP contribution in [-0.2, 0) is 14.3 Å². The normalized spacial score (nSPS) is 30.1. The Morgan fingerprint density at radius 2 is 1.89 bits per heavy atom. The fraction of sp³-hybridized carbons (Fsp3) is 0.929. The smallest absolute Gasteiger partial charge is 0.306 e. The van der Waals surface area contributed by atoms with Gasteiger partial charge in [0.2, 0.25) is 0 Å². The number of methoxy groups -OCH3 is 1. The first kappa shape index (κ1) is 13.8. The number of rotatable bonds is 4. The minimum atomic E-state index is -0.0105. The highest BCUT2D eigenvalue weighted by Crippen LogP contribution is 2.24. The van der Waals surface area contributed by atoms with E-state index in [1.54, 1.807) is 7.11 Å². The maximum absolute atomic E-state index is 11.9. The molecule has 4 heteroatoms. The van der Waals surface area contributed by atoms with Crippen molar-refractivity contribution in [2.24, 2.45) is 5.92 Å². The highest BCUT2D eigenvalue weighted by Gasteiger charge is 2.26. The molecule has 104 valence electrons. The molecule has 4 nitrogen and oxygen atoms in total. The van der Waals surface area contributed by atoms with E-state index in [1.165, 1.54) is 0 Å². The van der Waals surface area contributed by atoms with E-state index in [2.05, 4.69) is 5.32 Å². The zero-order valence-corrected chi connectivity index (χ0v) is 11.3. The monoisotopic (exact) mass is 255 g/mol. The lowest BCUT2D eigenvalue weighted by molar-refractivity contribution is -0.154. The van der Waals surface area contributed by atoms with Crippen LogP contribution in [0.5, 0.6) is 0 Å². The average Bonchev–Trinajstić information content (AvgIpc) is 2.40. The van der Waals surface area contributed by atoms with Gasteiger partial charge >= 0.3 is 5.97 Å². The zero-order valence-electron chi connectivity index (χ0n) is 11.3. The van der Waals surface area contributed by atoms with Crippen LogP contribution in [0.25, 0.3) is 0 Å². The SMILES string of the molecule is COC1CCCC(OC(=O)CC2CCNCC2)C1. The van der Waals surface area contributed by atoms with Gasteiger partial charge in [0.25, 0.3) is 0 Å². The number of nitrogens with one attached hydrogen (secondary N) is 1. The lowest BCUT2D eigenvalue weighted by Crippen LogP contribution is -2.32. The Labute approximate surface area is 109 Å². The van der Waals surface area contributed by atoms with E-state index >= 15 is 0 Å².